The molecule has 0 aromatic heterocycles. The van der Waals surface area contributed by atoms with Gasteiger partial charge in [-0.15, -0.1) is 0 Å². The molecule has 5 heteroatoms. The van der Waals surface area contributed by atoms with Crippen molar-refractivity contribution in [3.05, 3.63) is 29.8 Å². The molecule has 1 aromatic carbocycles. The molecular weight excluding hydrogens is 226 g/mol. The number of sulfone groups is 1. The third kappa shape index (κ3) is 3.06. The summed E-state index contributed by atoms with van der Waals surface area (Å²) in [6, 6.07) is 6.57. The van der Waals surface area contributed by atoms with Crippen LogP contribution in [0.1, 0.15) is 5.56 Å². The van der Waals surface area contributed by atoms with Gasteiger partial charge in [-0.3, -0.25) is 4.79 Å². The molecule has 0 N–H and O–H groups in total. The van der Waals surface area contributed by atoms with Crippen molar-refractivity contribution >= 4 is 15.7 Å². The normalized spacial score (nSPS) is 11.2. The van der Waals surface area contributed by atoms with Crippen LogP contribution in [0.3, 0.4) is 0 Å². The number of likely N-dealkylation sites (N-methyl/N-ethyl adjacent to an activating group) is 1. The average Bonchev–Trinajstić information content (AvgIpc) is 2.16. The van der Waals surface area contributed by atoms with Crippen molar-refractivity contribution in [3.63, 3.8) is 0 Å². The minimum Gasteiger partial charge on any atom is -0.349 e. The summed E-state index contributed by atoms with van der Waals surface area (Å²) in [6.07, 6.45) is 1.25. The summed E-state index contributed by atoms with van der Waals surface area (Å²) in [4.78, 5) is 13.2. The Morgan fingerprint density at radius 1 is 1.25 bits per heavy atom. The third-order valence-electron chi connectivity index (χ3n) is 2.21. The molecule has 0 aliphatic rings. The molecule has 1 aromatic rings. The first-order valence-electron chi connectivity index (χ1n) is 4.80. The molecule has 0 saturated heterocycles. The molecule has 0 bridgehead atoms. The van der Waals surface area contributed by atoms with Gasteiger partial charge in [-0.05, 0) is 11.6 Å². The molecule has 1 rings (SSSR count). The largest absolute Gasteiger partial charge is 0.349 e. The molecule has 0 radical (unpaired) electrons. The predicted molar refractivity (Wildman–Crippen MR) is 61.9 cm³/mol. The topological polar surface area (TPSA) is 54.5 Å². The van der Waals surface area contributed by atoms with E-state index in [4.69, 9.17) is 0 Å². The molecule has 0 aliphatic heterocycles. The van der Waals surface area contributed by atoms with Crippen molar-refractivity contribution in [2.75, 3.05) is 20.4 Å². The van der Waals surface area contributed by atoms with Crippen LogP contribution in [0, 0.1) is 0 Å². The van der Waals surface area contributed by atoms with Crippen LogP contribution in [0.25, 0.3) is 0 Å². The van der Waals surface area contributed by atoms with Gasteiger partial charge in [0.1, 0.15) is 0 Å². The molecule has 1 amide bonds. The van der Waals surface area contributed by atoms with Crippen LogP contribution in [-0.2, 0) is 21.1 Å². The Morgan fingerprint density at radius 2 is 1.81 bits per heavy atom. The van der Waals surface area contributed by atoms with Gasteiger partial charge in [-0.25, -0.2) is 8.42 Å². The van der Waals surface area contributed by atoms with Crippen LogP contribution >= 0.6 is 0 Å². The summed E-state index contributed by atoms with van der Waals surface area (Å²) in [5, 5.41) is 0. The fraction of sp³-hybridized carbons (Fsp3) is 0.364. The lowest BCUT2D eigenvalue weighted by Crippen LogP contribution is -2.24. The highest BCUT2D eigenvalue weighted by atomic mass is 32.2. The Balaban J connectivity index is 3.11. The smallest absolute Gasteiger partial charge is 0.226 e. The molecule has 0 spiro atoms. The van der Waals surface area contributed by atoms with Gasteiger partial charge >= 0.3 is 0 Å². The Bertz CT molecular complexity index is 492. The van der Waals surface area contributed by atoms with E-state index in [1.54, 1.807) is 32.3 Å². The first-order chi connectivity index (χ1) is 7.32. The average molecular weight is 241 g/mol. The summed E-state index contributed by atoms with van der Waals surface area (Å²) in [5.74, 6) is -0.115. The second-order valence-corrected chi connectivity index (χ2v) is 5.83. The van der Waals surface area contributed by atoms with E-state index < -0.39 is 9.84 Å². The molecule has 4 nitrogen and oxygen atoms in total. The molecule has 0 fully saturated rings. The lowest BCUT2D eigenvalue weighted by Gasteiger charge is -2.12. The number of rotatable bonds is 3. The zero-order valence-electron chi connectivity index (χ0n) is 9.60. The summed E-state index contributed by atoms with van der Waals surface area (Å²) in [6.45, 7) is 0. The minimum atomic E-state index is -3.28. The quantitative estimate of drug-likeness (QED) is 0.783. The van der Waals surface area contributed by atoms with Crippen LogP contribution < -0.4 is 0 Å². The van der Waals surface area contributed by atoms with E-state index >= 15 is 0 Å². The van der Waals surface area contributed by atoms with E-state index in [0.717, 1.165) is 6.26 Å². The zero-order valence-corrected chi connectivity index (χ0v) is 10.4. The van der Waals surface area contributed by atoms with Crippen LogP contribution in [0.4, 0.5) is 0 Å². The molecule has 88 valence electrons. The second kappa shape index (κ2) is 4.65. The molecule has 0 atom stereocenters. The molecule has 16 heavy (non-hydrogen) atoms. The Morgan fingerprint density at radius 3 is 2.31 bits per heavy atom. The summed E-state index contributed by atoms with van der Waals surface area (Å²) < 4.78 is 23.0. The summed E-state index contributed by atoms with van der Waals surface area (Å²) in [7, 11) is 0.0129. The van der Waals surface area contributed by atoms with Crippen molar-refractivity contribution in [2.24, 2.45) is 0 Å². The summed E-state index contributed by atoms with van der Waals surface area (Å²) >= 11 is 0. The summed E-state index contributed by atoms with van der Waals surface area (Å²) in [5.41, 5.74) is 0.545. The maximum Gasteiger partial charge on any atom is 0.226 e. The third-order valence-corrected chi connectivity index (χ3v) is 3.41. The monoisotopic (exact) mass is 241 g/mol. The molecular formula is C11H15NO3S. The van der Waals surface area contributed by atoms with E-state index in [2.05, 4.69) is 0 Å². The lowest BCUT2D eigenvalue weighted by atomic mass is 10.1. The van der Waals surface area contributed by atoms with Crippen LogP contribution in [0.2, 0.25) is 0 Å². The van der Waals surface area contributed by atoms with Gasteiger partial charge in [-0.2, -0.15) is 0 Å². The Hall–Kier alpha value is -1.36. The van der Waals surface area contributed by atoms with Gasteiger partial charge in [-0.1, -0.05) is 18.2 Å². The van der Waals surface area contributed by atoms with Gasteiger partial charge in [0.15, 0.2) is 9.84 Å². The van der Waals surface area contributed by atoms with Crippen LogP contribution in [0.5, 0.6) is 0 Å². The first-order valence-corrected chi connectivity index (χ1v) is 6.69. The Labute approximate surface area is 95.8 Å². The van der Waals surface area contributed by atoms with Crippen molar-refractivity contribution in [1.82, 2.24) is 4.90 Å². The Kier molecular flexibility index (Phi) is 3.70. The first kappa shape index (κ1) is 12.7. The van der Waals surface area contributed by atoms with Gasteiger partial charge in [0.2, 0.25) is 5.91 Å². The van der Waals surface area contributed by atoms with E-state index in [1.807, 2.05) is 0 Å². The van der Waals surface area contributed by atoms with Crippen molar-refractivity contribution in [2.45, 2.75) is 11.3 Å². The fourth-order valence-electron chi connectivity index (χ4n) is 1.33. The second-order valence-electron chi connectivity index (χ2n) is 3.84. The zero-order chi connectivity index (χ0) is 12.3. The van der Waals surface area contributed by atoms with Gasteiger partial charge < -0.3 is 4.90 Å². The minimum absolute atomic E-state index is 0.107. The molecule has 0 saturated carbocycles. The van der Waals surface area contributed by atoms with E-state index in [1.165, 1.54) is 11.0 Å². The highest BCUT2D eigenvalue weighted by Gasteiger charge is 2.15. The van der Waals surface area contributed by atoms with Crippen LogP contribution in [0.15, 0.2) is 29.2 Å². The number of nitrogens with zero attached hydrogens (tertiary/aromatic N) is 1. The highest BCUT2D eigenvalue weighted by molar-refractivity contribution is 7.90. The van der Waals surface area contributed by atoms with Gasteiger partial charge in [0.05, 0.1) is 11.3 Å². The maximum atomic E-state index is 11.5. The maximum absolute atomic E-state index is 11.5. The number of benzene rings is 1. The number of carbonyl (C=O) groups excluding carboxylic acids is 1. The molecule has 0 aliphatic carbocycles. The molecule has 0 heterocycles. The SMILES string of the molecule is CN(C)C(=O)Cc1ccccc1S(C)(=O)=O. The van der Waals surface area contributed by atoms with Crippen molar-refractivity contribution in [1.29, 1.82) is 0 Å². The number of amides is 1. The van der Waals surface area contributed by atoms with Crippen molar-refractivity contribution in [3.8, 4) is 0 Å². The van der Waals surface area contributed by atoms with Crippen molar-refractivity contribution < 1.29 is 13.2 Å². The van der Waals surface area contributed by atoms with E-state index in [0.29, 0.717) is 5.56 Å². The fourth-order valence-corrected chi connectivity index (χ4v) is 2.27. The highest BCUT2D eigenvalue weighted by Crippen LogP contribution is 2.16. The standard InChI is InChI=1S/C11H15NO3S/c1-12(2)11(13)8-9-6-4-5-7-10(9)16(3,14)15/h4-7H,8H2,1-3H3. The number of carbonyl (C=O) groups is 1. The molecule has 0 unspecified atom stereocenters. The van der Waals surface area contributed by atoms with Gasteiger partial charge in [0, 0.05) is 20.4 Å². The number of hydrogen-bond acceptors (Lipinski definition) is 3. The number of hydrogen-bond donors (Lipinski definition) is 0. The van der Waals surface area contributed by atoms with Crippen LogP contribution in [-0.4, -0.2) is 39.6 Å². The van der Waals surface area contributed by atoms with E-state index in [-0.39, 0.29) is 17.2 Å². The van der Waals surface area contributed by atoms with Gasteiger partial charge in [0.25, 0.3) is 0 Å². The lowest BCUT2D eigenvalue weighted by molar-refractivity contribution is -0.127. The van der Waals surface area contributed by atoms with E-state index in [9.17, 15) is 13.2 Å². The predicted octanol–water partition coefficient (Wildman–Crippen LogP) is 0.721.